The molecule has 1 amide bonds. The number of benzene rings is 1. The number of piperazine rings is 1. The highest BCUT2D eigenvalue weighted by Gasteiger charge is 2.32. The quantitative estimate of drug-likeness (QED) is 0.721. The van der Waals surface area contributed by atoms with Crippen LogP contribution in [0.1, 0.15) is 27.0 Å². The number of carbonyl (C=O) groups excluding carboxylic acids is 1. The van der Waals surface area contributed by atoms with Crippen LogP contribution < -0.4 is 10.1 Å². The van der Waals surface area contributed by atoms with Crippen LogP contribution in [0.3, 0.4) is 0 Å². The number of hydrogen-bond donors (Lipinski definition) is 1. The summed E-state index contributed by atoms with van der Waals surface area (Å²) in [6, 6.07) is 11.9. The number of hydrogen-bond acceptors (Lipinski definition) is 6. The van der Waals surface area contributed by atoms with E-state index >= 15 is 0 Å². The van der Waals surface area contributed by atoms with E-state index in [0.29, 0.717) is 13.1 Å². The molecule has 4 rings (SSSR count). The first-order valence-corrected chi connectivity index (χ1v) is 10.5. The molecule has 0 saturated carbocycles. The average Bonchev–Trinajstić information content (AvgIpc) is 3.37. The Kier molecular flexibility index (Phi) is 5.24. The summed E-state index contributed by atoms with van der Waals surface area (Å²) in [7, 11) is 1.67. The van der Waals surface area contributed by atoms with Crippen LogP contribution in [0.4, 0.5) is 0 Å². The minimum absolute atomic E-state index is 0.0465. The van der Waals surface area contributed by atoms with Crippen molar-refractivity contribution >= 4 is 28.6 Å². The molecule has 27 heavy (non-hydrogen) atoms. The zero-order chi connectivity index (χ0) is 18.8. The Morgan fingerprint density at radius 3 is 2.93 bits per heavy atom. The number of nitrogens with zero attached hydrogens (tertiary/aromatic N) is 2. The number of thiazole rings is 1. The maximum absolute atomic E-state index is 13.4. The molecule has 1 saturated heterocycles. The number of para-hydroxylation sites is 1. The van der Waals surface area contributed by atoms with Crippen LogP contribution in [-0.2, 0) is 0 Å². The molecule has 1 aliphatic rings. The summed E-state index contributed by atoms with van der Waals surface area (Å²) in [6.07, 6.45) is 0. The van der Waals surface area contributed by atoms with Gasteiger partial charge in [-0.3, -0.25) is 4.79 Å². The zero-order valence-corrected chi connectivity index (χ0v) is 16.9. The van der Waals surface area contributed by atoms with Crippen molar-refractivity contribution in [3.8, 4) is 15.6 Å². The fraction of sp³-hybridized carbons (Fsp3) is 0.300. The summed E-state index contributed by atoms with van der Waals surface area (Å²) in [4.78, 5) is 21.8. The number of thiophene rings is 1. The van der Waals surface area contributed by atoms with Gasteiger partial charge in [-0.2, -0.15) is 0 Å². The maximum Gasteiger partial charge on any atom is 0.266 e. The molecule has 3 aromatic rings. The third-order valence-electron chi connectivity index (χ3n) is 4.72. The molecule has 2 aromatic heterocycles. The van der Waals surface area contributed by atoms with Crippen LogP contribution in [0.2, 0.25) is 0 Å². The predicted molar refractivity (Wildman–Crippen MR) is 110 cm³/mol. The van der Waals surface area contributed by atoms with Gasteiger partial charge in [-0.05, 0) is 24.4 Å². The highest BCUT2D eigenvalue weighted by molar-refractivity contribution is 7.22. The van der Waals surface area contributed by atoms with E-state index in [1.165, 1.54) is 11.3 Å². The van der Waals surface area contributed by atoms with Gasteiger partial charge in [-0.15, -0.1) is 22.7 Å². The monoisotopic (exact) mass is 399 g/mol. The molecule has 5 nitrogen and oxygen atoms in total. The van der Waals surface area contributed by atoms with Crippen molar-refractivity contribution in [2.45, 2.75) is 13.0 Å². The molecule has 0 radical (unpaired) electrons. The first-order chi connectivity index (χ1) is 13.2. The second-order valence-electron chi connectivity index (χ2n) is 6.37. The highest BCUT2D eigenvalue weighted by Crippen LogP contribution is 2.35. The van der Waals surface area contributed by atoms with E-state index in [0.717, 1.165) is 38.3 Å². The van der Waals surface area contributed by atoms with Crippen molar-refractivity contribution in [3.05, 3.63) is 57.9 Å². The van der Waals surface area contributed by atoms with Gasteiger partial charge in [-0.25, -0.2) is 4.98 Å². The van der Waals surface area contributed by atoms with Gasteiger partial charge in [-0.1, -0.05) is 24.3 Å². The molecule has 0 spiro atoms. The van der Waals surface area contributed by atoms with Crippen LogP contribution in [0.25, 0.3) is 9.88 Å². The number of carbonyl (C=O) groups is 1. The van der Waals surface area contributed by atoms with Crippen molar-refractivity contribution in [3.63, 3.8) is 0 Å². The molecule has 1 fully saturated rings. The van der Waals surface area contributed by atoms with Crippen molar-refractivity contribution < 1.29 is 9.53 Å². The summed E-state index contributed by atoms with van der Waals surface area (Å²) in [5, 5.41) is 6.34. The molecule has 1 unspecified atom stereocenters. The highest BCUT2D eigenvalue weighted by atomic mass is 32.1. The van der Waals surface area contributed by atoms with E-state index in [1.54, 1.807) is 18.4 Å². The lowest BCUT2D eigenvalue weighted by Gasteiger charge is -2.37. The Morgan fingerprint density at radius 1 is 1.30 bits per heavy atom. The van der Waals surface area contributed by atoms with Gasteiger partial charge >= 0.3 is 0 Å². The van der Waals surface area contributed by atoms with E-state index in [2.05, 4.69) is 10.3 Å². The lowest BCUT2D eigenvalue weighted by atomic mass is 10.0. The van der Waals surface area contributed by atoms with E-state index in [4.69, 9.17) is 4.74 Å². The van der Waals surface area contributed by atoms with Gasteiger partial charge in [0.1, 0.15) is 15.6 Å². The third-order valence-corrected chi connectivity index (χ3v) is 6.91. The van der Waals surface area contributed by atoms with Gasteiger partial charge < -0.3 is 15.0 Å². The van der Waals surface area contributed by atoms with Crippen LogP contribution >= 0.6 is 22.7 Å². The number of nitrogens with one attached hydrogen (secondary N) is 1. The van der Waals surface area contributed by atoms with Crippen molar-refractivity contribution in [2.75, 3.05) is 26.7 Å². The number of methoxy groups -OCH3 is 1. The Bertz CT molecular complexity index is 937. The van der Waals surface area contributed by atoms with E-state index in [1.807, 2.05) is 53.6 Å². The molecule has 1 aliphatic heterocycles. The van der Waals surface area contributed by atoms with Crippen LogP contribution in [0.5, 0.6) is 5.75 Å². The number of ether oxygens (including phenoxy) is 1. The first kappa shape index (κ1) is 18.2. The van der Waals surface area contributed by atoms with Crippen LogP contribution in [0.15, 0.2) is 41.8 Å². The Hall–Kier alpha value is -2.22. The van der Waals surface area contributed by atoms with Gasteiger partial charge in [0.25, 0.3) is 5.91 Å². The average molecular weight is 400 g/mol. The lowest BCUT2D eigenvalue weighted by molar-refractivity contribution is 0.0635. The molecule has 1 atom stereocenters. The van der Waals surface area contributed by atoms with Gasteiger partial charge in [0.15, 0.2) is 0 Å². The Balaban J connectivity index is 1.67. The van der Waals surface area contributed by atoms with Crippen molar-refractivity contribution in [2.24, 2.45) is 0 Å². The fourth-order valence-electron chi connectivity index (χ4n) is 3.40. The van der Waals surface area contributed by atoms with E-state index in [-0.39, 0.29) is 11.9 Å². The smallest absolute Gasteiger partial charge is 0.266 e. The maximum atomic E-state index is 13.4. The number of amides is 1. The zero-order valence-electron chi connectivity index (χ0n) is 15.3. The van der Waals surface area contributed by atoms with Gasteiger partial charge in [0.05, 0.1) is 23.7 Å². The number of aromatic nitrogens is 1. The molecular weight excluding hydrogens is 378 g/mol. The number of rotatable bonds is 4. The van der Waals surface area contributed by atoms with Crippen LogP contribution in [-0.4, -0.2) is 42.5 Å². The second kappa shape index (κ2) is 7.80. The second-order valence-corrected chi connectivity index (χ2v) is 8.32. The predicted octanol–water partition coefficient (Wildman–Crippen LogP) is 3.98. The molecule has 7 heteroatoms. The molecule has 0 bridgehead atoms. The van der Waals surface area contributed by atoms with E-state index < -0.39 is 0 Å². The van der Waals surface area contributed by atoms with Crippen LogP contribution in [0, 0.1) is 6.92 Å². The Morgan fingerprint density at radius 2 is 2.15 bits per heavy atom. The van der Waals surface area contributed by atoms with Crippen molar-refractivity contribution in [1.29, 1.82) is 0 Å². The summed E-state index contributed by atoms with van der Waals surface area (Å²) < 4.78 is 5.54. The van der Waals surface area contributed by atoms with E-state index in [9.17, 15) is 4.79 Å². The molecule has 0 aliphatic carbocycles. The number of aryl methyl sites for hydroxylation is 1. The largest absolute Gasteiger partial charge is 0.496 e. The van der Waals surface area contributed by atoms with Gasteiger partial charge in [0, 0.05) is 25.2 Å². The van der Waals surface area contributed by atoms with Crippen molar-refractivity contribution in [1.82, 2.24) is 15.2 Å². The third kappa shape index (κ3) is 3.50. The molecule has 1 N–H and O–H groups in total. The molecule has 1 aromatic carbocycles. The normalized spacial score (nSPS) is 17.1. The topological polar surface area (TPSA) is 54.5 Å². The molecular formula is C20H21N3O2S2. The summed E-state index contributed by atoms with van der Waals surface area (Å²) in [5.74, 6) is 0.856. The fourth-order valence-corrected chi connectivity index (χ4v) is 5.22. The first-order valence-electron chi connectivity index (χ1n) is 8.85. The lowest BCUT2D eigenvalue weighted by Crippen LogP contribution is -2.48. The minimum atomic E-state index is -0.0610. The minimum Gasteiger partial charge on any atom is -0.496 e. The molecule has 3 heterocycles. The Labute approximate surface area is 166 Å². The summed E-state index contributed by atoms with van der Waals surface area (Å²) in [5.41, 5.74) is 1.83. The SMILES string of the molecule is COc1ccccc1C1CNCCN1C(=O)c1sc(-c2cccs2)nc1C. The summed E-state index contributed by atoms with van der Waals surface area (Å²) >= 11 is 3.13. The summed E-state index contributed by atoms with van der Waals surface area (Å²) in [6.45, 7) is 4.07. The van der Waals surface area contributed by atoms with Gasteiger partial charge in [0.2, 0.25) is 0 Å². The standard InChI is InChI=1S/C20H21N3O2S2/c1-13-18(27-19(22-13)17-8-5-11-26-17)20(24)23-10-9-21-12-15(23)14-6-3-4-7-16(14)25-2/h3-8,11,15,21H,9-10,12H2,1-2H3. The molecule has 140 valence electrons.